The van der Waals surface area contributed by atoms with Crippen molar-refractivity contribution in [3.63, 3.8) is 0 Å². The minimum atomic E-state index is -0.458. The highest BCUT2D eigenvalue weighted by Crippen LogP contribution is 2.35. The van der Waals surface area contributed by atoms with Gasteiger partial charge in [-0.05, 0) is 24.3 Å². The second-order valence-electron chi connectivity index (χ2n) is 6.46. The van der Waals surface area contributed by atoms with Gasteiger partial charge in [0.05, 0.1) is 5.69 Å². The fraction of sp³-hybridized carbons (Fsp3) is 0.368. The van der Waals surface area contributed by atoms with E-state index in [-0.39, 0.29) is 19.3 Å². The van der Waals surface area contributed by atoms with E-state index < -0.39 is 5.97 Å². The van der Waals surface area contributed by atoms with Crippen LogP contribution in [0.5, 0.6) is 11.5 Å². The lowest BCUT2D eigenvalue weighted by molar-refractivity contribution is -0.150. The van der Waals surface area contributed by atoms with Gasteiger partial charge in [-0.25, -0.2) is 9.97 Å². The van der Waals surface area contributed by atoms with Crippen molar-refractivity contribution in [2.24, 2.45) is 0 Å². The molecular weight excluding hydrogens is 364 g/mol. The molecule has 0 atom stereocenters. The van der Waals surface area contributed by atoms with E-state index in [0.717, 1.165) is 17.0 Å². The molecule has 3 heterocycles. The summed E-state index contributed by atoms with van der Waals surface area (Å²) in [7, 11) is 0. The molecule has 2 aliphatic rings. The van der Waals surface area contributed by atoms with E-state index in [1.54, 1.807) is 11.1 Å². The highest BCUT2D eigenvalue weighted by atomic mass is 16.7. The third-order valence-corrected chi connectivity index (χ3v) is 4.63. The molecule has 146 valence electrons. The maximum atomic E-state index is 12.1. The first-order chi connectivity index (χ1) is 13.6. The molecule has 2 aromatic rings. The summed E-state index contributed by atoms with van der Waals surface area (Å²) >= 11 is 0. The molecule has 9 heteroatoms. The number of ether oxygens (including phenoxy) is 3. The smallest absolute Gasteiger partial charge is 0.303 e. The van der Waals surface area contributed by atoms with Gasteiger partial charge in [-0.2, -0.15) is 0 Å². The second kappa shape index (κ2) is 7.71. The van der Waals surface area contributed by atoms with Crippen molar-refractivity contribution in [1.82, 2.24) is 14.9 Å². The molecule has 9 nitrogen and oxygen atoms in total. The van der Waals surface area contributed by atoms with Crippen LogP contribution in [0.2, 0.25) is 0 Å². The fourth-order valence-electron chi connectivity index (χ4n) is 3.13. The van der Waals surface area contributed by atoms with Gasteiger partial charge < -0.3 is 24.0 Å². The summed E-state index contributed by atoms with van der Waals surface area (Å²) in [5.74, 6) is 1.40. The van der Waals surface area contributed by atoms with Crippen molar-refractivity contribution in [2.45, 2.75) is 6.92 Å². The molecule has 0 N–H and O–H groups in total. The largest absolute Gasteiger partial charge is 0.456 e. The number of nitrogens with zero attached hydrogens (tertiary/aromatic N) is 4. The van der Waals surface area contributed by atoms with Crippen molar-refractivity contribution in [1.29, 1.82) is 0 Å². The summed E-state index contributed by atoms with van der Waals surface area (Å²) in [6.07, 6.45) is 1.72. The topological polar surface area (TPSA) is 94.1 Å². The van der Waals surface area contributed by atoms with Gasteiger partial charge in [-0.1, -0.05) is 0 Å². The van der Waals surface area contributed by atoms with Crippen molar-refractivity contribution in [2.75, 3.05) is 44.5 Å². The average Bonchev–Trinajstić information content (AvgIpc) is 3.20. The Balaban J connectivity index is 1.42. The number of hydrogen-bond acceptors (Lipinski definition) is 8. The molecule has 0 unspecified atom stereocenters. The Hall–Kier alpha value is -3.36. The molecule has 1 aromatic heterocycles. The molecule has 1 amide bonds. The molecule has 28 heavy (non-hydrogen) atoms. The van der Waals surface area contributed by atoms with Gasteiger partial charge in [0.25, 0.3) is 5.91 Å². The fourth-order valence-corrected chi connectivity index (χ4v) is 3.13. The van der Waals surface area contributed by atoms with Gasteiger partial charge in [0, 0.05) is 44.9 Å². The molecule has 0 aliphatic carbocycles. The Bertz CT molecular complexity index is 896. The Morgan fingerprint density at radius 3 is 2.68 bits per heavy atom. The van der Waals surface area contributed by atoms with E-state index in [1.807, 2.05) is 29.2 Å². The van der Waals surface area contributed by atoms with Gasteiger partial charge in [0.15, 0.2) is 18.1 Å². The first-order valence-electron chi connectivity index (χ1n) is 8.99. The molecule has 1 saturated heterocycles. The summed E-state index contributed by atoms with van der Waals surface area (Å²) < 4.78 is 15.6. The number of rotatable bonds is 4. The predicted molar refractivity (Wildman–Crippen MR) is 99.0 cm³/mol. The maximum Gasteiger partial charge on any atom is 0.303 e. The average molecular weight is 384 g/mol. The summed E-state index contributed by atoms with van der Waals surface area (Å²) in [5.41, 5.74) is 1.71. The van der Waals surface area contributed by atoms with Crippen LogP contribution in [0.15, 0.2) is 30.5 Å². The zero-order valence-electron chi connectivity index (χ0n) is 15.5. The molecule has 0 bridgehead atoms. The normalized spacial score (nSPS) is 15.5. The van der Waals surface area contributed by atoms with Crippen LogP contribution in [-0.2, 0) is 14.3 Å². The third kappa shape index (κ3) is 3.83. The van der Waals surface area contributed by atoms with Crippen LogP contribution < -0.4 is 14.4 Å². The number of esters is 1. The van der Waals surface area contributed by atoms with E-state index >= 15 is 0 Å². The van der Waals surface area contributed by atoms with Gasteiger partial charge >= 0.3 is 5.97 Å². The van der Waals surface area contributed by atoms with E-state index in [2.05, 4.69) is 9.97 Å². The van der Waals surface area contributed by atoms with E-state index in [9.17, 15) is 9.59 Å². The van der Waals surface area contributed by atoms with Crippen LogP contribution in [-0.4, -0.2) is 66.3 Å². The third-order valence-electron chi connectivity index (χ3n) is 4.63. The minimum Gasteiger partial charge on any atom is -0.456 e. The number of piperazine rings is 1. The zero-order chi connectivity index (χ0) is 19.5. The van der Waals surface area contributed by atoms with E-state index in [4.69, 9.17) is 14.2 Å². The van der Waals surface area contributed by atoms with Crippen LogP contribution in [0.25, 0.3) is 11.3 Å². The standard InChI is InChI=1S/C19H20N4O5/c1-13(24)26-11-18(25)22-6-8-23(9-7-22)19-20-5-4-15(21-19)14-2-3-16-17(10-14)28-12-27-16/h2-5,10H,6-9,11-12H2,1H3. The van der Waals surface area contributed by atoms with Crippen LogP contribution in [0.1, 0.15) is 6.92 Å². The molecule has 0 saturated carbocycles. The lowest BCUT2D eigenvalue weighted by atomic mass is 10.1. The Labute approximate surface area is 161 Å². The van der Waals surface area contributed by atoms with Crippen molar-refractivity contribution >= 4 is 17.8 Å². The quantitative estimate of drug-likeness (QED) is 0.723. The Morgan fingerprint density at radius 1 is 1.11 bits per heavy atom. The summed E-state index contributed by atoms with van der Waals surface area (Å²) in [6.45, 7) is 3.57. The van der Waals surface area contributed by atoms with E-state index in [1.165, 1.54) is 6.92 Å². The number of aromatic nitrogens is 2. The molecule has 1 aromatic carbocycles. The number of amides is 1. The lowest BCUT2D eigenvalue weighted by Crippen LogP contribution is -2.50. The number of carbonyl (C=O) groups excluding carboxylic acids is 2. The van der Waals surface area contributed by atoms with Crippen molar-refractivity contribution < 1.29 is 23.8 Å². The zero-order valence-corrected chi connectivity index (χ0v) is 15.5. The van der Waals surface area contributed by atoms with Crippen LogP contribution in [0, 0.1) is 0 Å². The highest BCUT2D eigenvalue weighted by Gasteiger charge is 2.23. The molecule has 0 spiro atoms. The van der Waals surface area contributed by atoms with Crippen molar-refractivity contribution in [3.8, 4) is 22.8 Å². The Morgan fingerprint density at radius 2 is 1.89 bits per heavy atom. The van der Waals surface area contributed by atoms with Gasteiger partial charge in [0.1, 0.15) is 0 Å². The maximum absolute atomic E-state index is 12.1. The molecule has 0 radical (unpaired) electrons. The van der Waals surface area contributed by atoms with Crippen LogP contribution in [0.3, 0.4) is 0 Å². The number of carbonyl (C=O) groups is 2. The lowest BCUT2D eigenvalue weighted by Gasteiger charge is -2.34. The first kappa shape index (κ1) is 18.0. The second-order valence-corrected chi connectivity index (χ2v) is 6.46. The molecule has 4 rings (SSSR count). The monoisotopic (exact) mass is 384 g/mol. The van der Waals surface area contributed by atoms with Crippen LogP contribution in [0.4, 0.5) is 5.95 Å². The molecule has 1 fully saturated rings. The Kier molecular flexibility index (Phi) is 4.96. The highest BCUT2D eigenvalue weighted by molar-refractivity contribution is 5.80. The first-order valence-corrected chi connectivity index (χ1v) is 8.99. The van der Waals surface area contributed by atoms with Crippen LogP contribution >= 0.6 is 0 Å². The number of hydrogen-bond donors (Lipinski definition) is 0. The van der Waals surface area contributed by atoms with Gasteiger partial charge in [0.2, 0.25) is 12.7 Å². The van der Waals surface area contributed by atoms with Crippen molar-refractivity contribution in [3.05, 3.63) is 30.5 Å². The van der Waals surface area contributed by atoms with Gasteiger partial charge in [-0.3, -0.25) is 9.59 Å². The number of fused-ring (bicyclic) bond motifs is 1. The summed E-state index contributed by atoms with van der Waals surface area (Å²) in [6, 6.07) is 7.55. The van der Waals surface area contributed by atoms with E-state index in [0.29, 0.717) is 37.9 Å². The number of benzene rings is 1. The molecule has 2 aliphatic heterocycles. The van der Waals surface area contributed by atoms with Gasteiger partial charge in [-0.15, -0.1) is 0 Å². The molecular formula is C19H20N4O5. The summed E-state index contributed by atoms with van der Waals surface area (Å²) in [5, 5.41) is 0. The predicted octanol–water partition coefficient (Wildman–Crippen LogP) is 1.08. The summed E-state index contributed by atoms with van der Waals surface area (Å²) in [4.78, 5) is 35.7. The SMILES string of the molecule is CC(=O)OCC(=O)N1CCN(c2nccc(-c3ccc4c(c3)OCO4)n2)CC1. The number of anilines is 1. The minimum absolute atomic E-state index is 0.190.